The molecule has 0 bridgehead atoms. The highest BCUT2D eigenvalue weighted by Gasteiger charge is 2.48. The number of carbonyl (C=O) groups is 1. The summed E-state index contributed by atoms with van der Waals surface area (Å²) in [5.74, 6) is 0.386. The Hall–Kier alpha value is -2.56. The van der Waals surface area contributed by atoms with E-state index in [1.165, 1.54) is 13.2 Å². The zero-order valence-corrected chi connectivity index (χ0v) is 19.5. The smallest absolute Gasteiger partial charge is 0.417 e. The van der Waals surface area contributed by atoms with Crippen LogP contribution in [0.4, 0.5) is 19.0 Å². The van der Waals surface area contributed by atoms with Gasteiger partial charge in [0, 0.05) is 18.5 Å². The molecular weight excluding hydrogens is 471 g/mol. The third-order valence-electron chi connectivity index (χ3n) is 7.12. The van der Waals surface area contributed by atoms with Crippen LogP contribution in [0.2, 0.25) is 0 Å². The van der Waals surface area contributed by atoms with Gasteiger partial charge < -0.3 is 9.64 Å². The summed E-state index contributed by atoms with van der Waals surface area (Å²) in [5, 5.41) is 3.58. The topological polar surface area (TPSA) is 81.5 Å². The quantitative estimate of drug-likeness (QED) is 0.559. The van der Waals surface area contributed by atoms with Crippen molar-refractivity contribution in [2.45, 2.75) is 72.8 Å². The van der Waals surface area contributed by atoms with Crippen molar-refractivity contribution in [2.24, 2.45) is 0 Å². The lowest BCUT2D eigenvalue weighted by Crippen LogP contribution is -2.39. The second-order valence-electron chi connectivity index (χ2n) is 9.32. The fourth-order valence-corrected chi connectivity index (χ4v) is 6.77. The van der Waals surface area contributed by atoms with Crippen LogP contribution in [-0.4, -0.2) is 49.1 Å². The standard InChI is InChI=1S/C23H26F3N3O4S/c1-33-22(30)19-11-16(34(31,32)20-8-3-2-7-17(20)23(24,25)26)13-28(19)21-12-18(14-9-10-14)27-29(21)15-5-4-6-15/h2-3,7-8,12,14-16,19H,4-6,9-11,13H2,1H3/t16-,19+/m1/s1. The maximum Gasteiger partial charge on any atom is 0.417 e. The van der Waals surface area contributed by atoms with Crippen LogP contribution in [0.1, 0.15) is 61.7 Å². The normalized spacial score (nSPS) is 23.7. The Morgan fingerprint density at radius 3 is 2.44 bits per heavy atom. The summed E-state index contributed by atoms with van der Waals surface area (Å²) in [6, 6.07) is 5.34. The molecule has 2 heterocycles. The SMILES string of the molecule is COC(=O)[C@@H]1C[C@@H](S(=O)(=O)c2ccccc2C(F)(F)F)CN1c1cc(C2CC2)nn1C1CCC1. The summed E-state index contributed by atoms with van der Waals surface area (Å²) in [7, 11) is -3.17. The van der Waals surface area contributed by atoms with Gasteiger partial charge in [-0.2, -0.15) is 18.3 Å². The molecule has 3 aliphatic rings. The van der Waals surface area contributed by atoms with Crippen molar-refractivity contribution >= 4 is 21.6 Å². The number of rotatable bonds is 6. The van der Waals surface area contributed by atoms with Crippen molar-refractivity contribution in [1.29, 1.82) is 0 Å². The number of ether oxygens (including phenoxy) is 1. The Balaban J connectivity index is 1.53. The zero-order chi connectivity index (χ0) is 24.3. The molecule has 0 spiro atoms. The lowest BCUT2D eigenvalue weighted by Gasteiger charge is -2.32. The summed E-state index contributed by atoms with van der Waals surface area (Å²) < 4.78 is 74.5. The van der Waals surface area contributed by atoms with Crippen molar-refractivity contribution in [1.82, 2.24) is 9.78 Å². The van der Waals surface area contributed by atoms with Crippen molar-refractivity contribution in [3.8, 4) is 0 Å². The number of halogens is 3. The Bertz CT molecular complexity index is 1200. The fraction of sp³-hybridized carbons (Fsp3) is 0.565. The van der Waals surface area contributed by atoms with E-state index in [0.717, 1.165) is 56.0 Å². The molecule has 0 unspecified atom stereocenters. The summed E-state index contributed by atoms with van der Waals surface area (Å²) in [5.41, 5.74) is -0.280. The van der Waals surface area contributed by atoms with E-state index in [0.29, 0.717) is 11.7 Å². The van der Waals surface area contributed by atoms with Gasteiger partial charge in [-0.25, -0.2) is 17.9 Å². The maximum atomic E-state index is 13.6. The number of aromatic nitrogens is 2. The van der Waals surface area contributed by atoms with Crippen LogP contribution in [0.3, 0.4) is 0 Å². The van der Waals surface area contributed by atoms with E-state index in [9.17, 15) is 26.4 Å². The molecule has 1 aliphatic heterocycles. The fourth-order valence-electron chi connectivity index (χ4n) is 4.86. The maximum absolute atomic E-state index is 13.6. The number of nitrogens with zero attached hydrogens (tertiary/aromatic N) is 3. The van der Waals surface area contributed by atoms with Gasteiger partial charge in [0.05, 0.1) is 34.6 Å². The van der Waals surface area contributed by atoms with Gasteiger partial charge in [-0.1, -0.05) is 12.1 Å². The molecular formula is C23H26F3N3O4S. The first-order valence-corrected chi connectivity index (χ1v) is 13.0. The molecule has 1 aromatic heterocycles. The van der Waals surface area contributed by atoms with Gasteiger partial charge in [-0.15, -0.1) is 0 Å². The molecule has 3 fully saturated rings. The second-order valence-corrected chi connectivity index (χ2v) is 11.5. The van der Waals surface area contributed by atoms with E-state index in [2.05, 4.69) is 0 Å². The van der Waals surface area contributed by atoms with Gasteiger partial charge in [0.25, 0.3) is 0 Å². The van der Waals surface area contributed by atoms with E-state index in [1.807, 2.05) is 10.7 Å². The predicted octanol–water partition coefficient (Wildman–Crippen LogP) is 4.10. The number of anilines is 1. The third-order valence-corrected chi connectivity index (χ3v) is 9.31. The largest absolute Gasteiger partial charge is 0.467 e. The van der Waals surface area contributed by atoms with Gasteiger partial charge in [-0.05, 0) is 50.7 Å². The first kappa shape index (κ1) is 23.2. The van der Waals surface area contributed by atoms with E-state index < -0.39 is 43.7 Å². The summed E-state index contributed by atoms with van der Waals surface area (Å²) >= 11 is 0. The summed E-state index contributed by atoms with van der Waals surface area (Å²) in [6.45, 7) is -0.114. The molecule has 11 heteroatoms. The highest BCUT2D eigenvalue weighted by atomic mass is 32.2. The average Bonchev–Trinajstić information content (AvgIpc) is 3.37. The van der Waals surface area contributed by atoms with Gasteiger partial charge >= 0.3 is 12.1 Å². The lowest BCUT2D eigenvalue weighted by atomic mass is 9.93. The molecule has 0 N–H and O–H groups in total. The van der Waals surface area contributed by atoms with Crippen LogP contribution in [0.5, 0.6) is 0 Å². The molecule has 0 radical (unpaired) electrons. The molecule has 2 saturated carbocycles. The molecule has 7 nitrogen and oxygen atoms in total. The van der Waals surface area contributed by atoms with Gasteiger partial charge in [0.15, 0.2) is 9.84 Å². The number of carbonyl (C=O) groups excluding carboxylic acids is 1. The highest BCUT2D eigenvalue weighted by Crippen LogP contribution is 2.45. The Morgan fingerprint density at radius 2 is 1.85 bits per heavy atom. The minimum Gasteiger partial charge on any atom is -0.467 e. The predicted molar refractivity (Wildman–Crippen MR) is 117 cm³/mol. The third kappa shape index (κ3) is 3.97. The van der Waals surface area contributed by atoms with Crippen molar-refractivity contribution in [3.63, 3.8) is 0 Å². The highest BCUT2D eigenvalue weighted by molar-refractivity contribution is 7.92. The summed E-state index contributed by atoms with van der Waals surface area (Å²) in [4.78, 5) is 13.6. The number of alkyl halides is 3. The number of benzene rings is 1. The van der Waals surface area contributed by atoms with Crippen LogP contribution < -0.4 is 4.90 Å². The van der Waals surface area contributed by atoms with Crippen LogP contribution in [0.15, 0.2) is 35.2 Å². The number of methoxy groups -OCH3 is 1. The van der Waals surface area contributed by atoms with Crippen LogP contribution in [-0.2, 0) is 25.5 Å². The van der Waals surface area contributed by atoms with E-state index in [-0.39, 0.29) is 19.0 Å². The van der Waals surface area contributed by atoms with Crippen LogP contribution >= 0.6 is 0 Å². The Kier molecular flexibility index (Phi) is 5.65. The van der Waals surface area contributed by atoms with Crippen molar-refractivity contribution in [3.05, 3.63) is 41.6 Å². The molecule has 0 amide bonds. The Morgan fingerprint density at radius 1 is 1.15 bits per heavy atom. The first-order valence-electron chi connectivity index (χ1n) is 11.4. The molecule has 5 rings (SSSR count). The molecule has 2 atom stereocenters. The summed E-state index contributed by atoms with van der Waals surface area (Å²) in [6.07, 6.45) is 0.0435. The number of hydrogen-bond acceptors (Lipinski definition) is 6. The van der Waals surface area contributed by atoms with Gasteiger partial charge in [-0.3, -0.25) is 0 Å². The molecule has 1 saturated heterocycles. The van der Waals surface area contributed by atoms with Crippen LogP contribution in [0, 0.1) is 0 Å². The zero-order valence-electron chi connectivity index (χ0n) is 18.7. The molecule has 2 aliphatic carbocycles. The van der Waals surface area contributed by atoms with E-state index >= 15 is 0 Å². The van der Waals surface area contributed by atoms with Crippen molar-refractivity contribution in [2.75, 3.05) is 18.6 Å². The van der Waals surface area contributed by atoms with Crippen molar-refractivity contribution < 1.29 is 31.1 Å². The molecule has 184 valence electrons. The van der Waals surface area contributed by atoms with E-state index in [1.54, 1.807) is 4.90 Å². The lowest BCUT2D eigenvalue weighted by molar-refractivity contribution is -0.142. The number of esters is 1. The average molecular weight is 498 g/mol. The monoisotopic (exact) mass is 497 g/mol. The number of sulfone groups is 1. The van der Waals surface area contributed by atoms with E-state index in [4.69, 9.17) is 9.84 Å². The van der Waals surface area contributed by atoms with Gasteiger partial charge in [0.2, 0.25) is 0 Å². The molecule has 1 aromatic carbocycles. The number of hydrogen-bond donors (Lipinski definition) is 0. The second kappa shape index (κ2) is 8.28. The van der Waals surface area contributed by atoms with Crippen LogP contribution in [0.25, 0.3) is 0 Å². The molecule has 34 heavy (non-hydrogen) atoms. The minimum atomic E-state index is -4.81. The molecule has 2 aromatic rings. The Labute approximate surface area is 195 Å². The van der Waals surface area contributed by atoms with Gasteiger partial charge in [0.1, 0.15) is 11.9 Å². The first-order chi connectivity index (χ1) is 16.1. The minimum absolute atomic E-state index is 0.114.